The van der Waals surface area contributed by atoms with Gasteiger partial charge in [0.05, 0.1) is 15.9 Å². The van der Waals surface area contributed by atoms with Crippen LogP contribution in [-0.4, -0.2) is 22.9 Å². The van der Waals surface area contributed by atoms with Crippen molar-refractivity contribution < 1.29 is 0 Å². The van der Waals surface area contributed by atoms with Crippen LogP contribution in [0.2, 0.25) is 0 Å². The van der Waals surface area contributed by atoms with E-state index in [1.165, 1.54) is 28.7 Å². The maximum atomic E-state index is 4.55. The summed E-state index contributed by atoms with van der Waals surface area (Å²) in [5.41, 5.74) is 2.54. The first-order chi connectivity index (χ1) is 7.24. The standard InChI is InChI=1S/C11H18BrN3/c1-3-9-10(12)11(15(2)14-9)8-5-4-6-13-7-8/h8,13H,3-7H2,1-2H3. The van der Waals surface area contributed by atoms with Crippen LogP contribution < -0.4 is 5.32 Å². The predicted octanol–water partition coefficient (Wildman–Crippen LogP) is 2.21. The summed E-state index contributed by atoms with van der Waals surface area (Å²) >= 11 is 3.69. The minimum Gasteiger partial charge on any atom is -0.316 e. The van der Waals surface area contributed by atoms with Crippen molar-refractivity contribution in [1.82, 2.24) is 15.1 Å². The molecular formula is C11H18BrN3. The molecule has 1 aromatic heterocycles. The van der Waals surface area contributed by atoms with Gasteiger partial charge in [0.1, 0.15) is 0 Å². The fraction of sp³-hybridized carbons (Fsp3) is 0.727. The molecule has 2 heterocycles. The Kier molecular flexibility index (Phi) is 3.46. The van der Waals surface area contributed by atoms with Crippen molar-refractivity contribution in [3.63, 3.8) is 0 Å². The Bertz CT molecular complexity index is 340. The SMILES string of the molecule is CCc1nn(C)c(C2CCCNC2)c1Br. The van der Waals surface area contributed by atoms with Crippen LogP contribution in [0.25, 0.3) is 0 Å². The molecule has 0 radical (unpaired) electrons. The van der Waals surface area contributed by atoms with Gasteiger partial charge in [0, 0.05) is 19.5 Å². The Labute approximate surface area is 99.4 Å². The molecule has 1 saturated heterocycles. The van der Waals surface area contributed by atoms with Crippen molar-refractivity contribution in [3.05, 3.63) is 15.9 Å². The molecule has 4 heteroatoms. The molecule has 0 bridgehead atoms. The summed E-state index contributed by atoms with van der Waals surface area (Å²) in [5.74, 6) is 0.617. The minimum absolute atomic E-state index is 0.617. The van der Waals surface area contributed by atoms with Crippen LogP contribution in [0.4, 0.5) is 0 Å². The summed E-state index contributed by atoms with van der Waals surface area (Å²) in [6, 6.07) is 0. The van der Waals surface area contributed by atoms with Gasteiger partial charge in [-0.25, -0.2) is 0 Å². The van der Waals surface area contributed by atoms with Gasteiger partial charge in [0.15, 0.2) is 0 Å². The Hall–Kier alpha value is -0.350. The monoisotopic (exact) mass is 271 g/mol. The quantitative estimate of drug-likeness (QED) is 0.894. The average molecular weight is 272 g/mol. The summed E-state index contributed by atoms with van der Waals surface area (Å²) in [5, 5.41) is 8.00. The molecule has 1 aliphatic heterocycles. The zero-order valence-electron chi connectivity index (χ0n) is 9.39. The number of piperidine rings is 1. The third-order valence-electron chi connectivity index (χ3n) is 3.12. The largest absolute Gasteiger partial charge is 0.316 e. The number of hydrogen-bond acceptors (Lipinski definition) is 2. The first kappa shape index (κ1) is 11.1. The van der Waals surface area contributed by atoms with E-state index in [2.05, 4.69) is 33.3 Å². The summed E-state index contributed by atoms with van der Waals surface area (Å²) in [6.07, 6.45) is 3.53. The molecule has 0 aromatic carbocycles. The predicted molar refractivity (Wildman–Crippen MR) is 65.1 cm³/mol. The molecule has 0 spiro atoms. The summed E-state index contributed by atoms with van der Waals surface area (Å²) in [7, 11) is 2.05. The van der Waals surface area contributed by atoms with E-state index >= 15 is 0 Å². The van der Waals surface area contributed by atoms with Crippen molar-refractivity contribution in [2.24, 2.45) is 7.05 Å². The van der Waals surface area contributed by atoms with Crippen LogP contribution in [0.1, 0.15) is 37.1 Å². The molecule has 0 amide bonds. The van der Waals surface area contributed by atoms with Gasteiger partial charge >= 0.3 is 0 Å². The second-order valence-electron chi connectivity index (χ2n) is 4.17. The molecule has 0 aliphatic carbocycles. The first-order valence-electron chi connectivity index (χ1n) is 5.66. The van der Waals surface area contributed by atoms with Crippen molar-refractivity contribution in [2.45, 2.75) is 32.1 Å². The Balaban J connectivity index is 2.29. The Morgan fingerprint density at radius 1 is 1.60 bits per heavy atom. The number of nitrogens with one attached hydrogen (secondary N) is 1. The molecule has 3 nitrogen and oxygen atoms in total. The smallest absolute Gasteiger partial charge is 0.0766 e. The van der Waals surface area contributed by atoms with Gasteiger partial charge in [-0.05, 0) is 41.7 Å². The van der Waals surface area contributed by atoms with Gasteiger partial charge in [-0.2, -0.15) is 5.10 Å². The number of hydrogen-bond donors (Lipinski definition) is 1. The van der Waals surface area contributed by atoms with Crippen LogP contribution in [0, 0.1) is 0 Å². The Morgan fingerprint density at radius 3 is 2.93 bits per heavy atom. The summed E-state index contributed by atoms with van der Waals surface area (Å²) in [6.45, 7) is 4.39. The molecule has 1 aliphatic rings. The lowest BCUT2D eigenvalue weighted by Gasteiger charge is -2.23. The van der Waals surface area contributed by atoms with E-state index in [9.17, 15) is 0 Å². The van der Waals surface area contributed by atoms with Gasteiger partial charge in [-0.15, -0.1) is 0 Å². The molecule has 1 atom stereocenters. The fourth-order valence-corrected chi connectivity index (χ4v) is 3.26. The van der Waals surface area contributed by atoms with E-state index in [1.54, 1.807) is 0 Å². The lowest BCUT2D eigenvalue weighted by Crippen LogP contribution is -2.29. The molecule has 84 valence electrons. The van der Waals surface area contributed by atoms with Crippen molar-refractivity contribution in [2.75, 3.05) is 13.1 Å². The molecule has 1 unspecified atom stereocenters. The third-order valence-corrected chi connectivity index (χ3v) is 3.98. The van der Waals surface area contributed by atoms with Crippen LogP contribution in [0.5, 0.6) is 0 Å². The number of rotatable bonds is 2. The highest BCUT2D eigenvalue weighted by atomic mass is 79.9. The molecule has 15 heavy (non-hydrogen) atoms. The van der Waals surface area contributed by atoms with E-state index in [4.69, 9.17) is 0 Å². The number of aryl methyl sites for hydroxylation is 2. The van der Waals surface area contributed by atoms with Gasteiger partial charge in [-0.1, -0.05) is 6.92 Å². The van der Waals surface area contributed by atoms with Gasteiger partial charge in [0.25, 0.3) is 0 Å². The molecule has 1 aromatic rings. The van der Waals surface area contributed by atoms with E-state index in [0.717, 1.165) is 19.5 Å². The summed E-state index contributed by atoms with van der Waals surface area (Å²) in [4.78, 5) is 0. The van der Waals surface area contributed by atoms with Crippen LogP contribution in [-0.2, 0) is 13.5 Å². The molecule has 2 rings (SSSR count). The van der Waals surface area contributed by atoms with E-state index < -0.39 is 0 Å². The number of nitrogens with zero attached hydrogens (tertiary/aromatic N) is 2. The van der Waals surface area contributed by atoms with E-state index in [0.29, 0.717) is 5.92 Å². The highest BCUT2D eigenvalue weighted by Gasteiger charge is 2.23. The second-order valence-corrected chi connectivity index (χ2v) is 4.96. The number of halogens is 1. The highest BCUT2D eigenvalue weighted by Crippen LogP contribution is 2.31. The first-order valence-corrected chi connectivity index (χ1v) is 6.45. The highest BCUT2D eigenvalue weighted by molar-refractivity contribution is 9.10. The van der Waals surface area contributed by atoms with Gasteiger partial charge in [-0.3, -0.25) is 4.68 Å². The van der Waals surface area contributed by atoms with Gasteiger partial charge in [0.2, 0.25) is 0 Å². The zero-order valence-corrected chi connectivity index (χ0v) is 11.0. The molecule has 1 fully saturated rings. The Morgan fingerprint density at radius 2 is 2.40 bits per heavy atom. The van der Waals surface area contributed by atoms with Gasteiger partial charge < -0.3 is 5.32 Å². The normalized spacial score (nSPS) is 21.9. The zero-order chi connectivity index (χ0) is 10.8. The number of aromatic nitrogens is 2. The maximum absolute atomic E-state index is 4.55. The van der Waals surface area contributed by atoms with Crippen molar-refractivity contribution in [3.8, 4) is 0 Å². The van der Waals surface area contributed by atoms with E-state index in [-0.39, 0.29) is 0 Å². The lowest BCUT2D eigenvalue weighted by atomic mass is 9.96. The third kappa shape index (κ3) is 2.11. The molecular weight excluding hydrogens is 254 g/mol. The van der Waals surface area contributed by atoms with Crippen molar-refractivity contribution >= 4 is 15.9 Å². The van der Waals surface area contributed by atoms with Crippen LogP contribution in [0.3, 0.4) is 0 Å². The maximum Gasteiger partial charge on any atom is 0.0766 e. The lowest BCUT2D eigenvalue weighted by molar-refractivity contribution is 0.440. The second kappa shape index (κ2) is 4.66. The summed E-state index contributed by atoms with van der Waals surface area (Å²) < 4.78 is 3.27. The molecule has 1 N–H and O–H groups in total. The topological polar surface area (TPSA) is 29.9 Å². The van der Waals surface area contributed by atoms with Crippen LogP contribution in [0.15, 0.2) is 4.47 Å². The molecule has 0 saturated carbocycles. The van der Waals surface area contributed by atoms with Crippen molar-refractivity contribution in [1.29, 1.82) is 0 Å². The van der Waals surface area contributed by atoms with Crippen LogP contribution >= 0.6 is 15.9 Å². The van der Waals surface area contributed by atoms with E-state index in [1.807, 2.05) is 11.7 Å². The fourth-order valence-electron chi connectivity index (χ4n) is 2.32. The minimum atomic E-state index is 0.617. The average Bonchev–Trinajstić information content (AvgIpc) is 2.55.